The Bertz CT molecular complexity index is 2120. The van der Waals surface area contributed by atoms with Crippen molar-refractivity contribution in [2.45, 2.75) is 145 Å². The van der Waals surface area contributed by atoms with Crippen molar-refractivity contribution in [3.05, 3.63) is 34.9 Å². The van der Waals surface area contributed by atoms with E-state index in [1.807, 2.05) is 18.7 Å². The van der Waals surface area contributed by atoms with E-state index in [9.17, 15) is 29.9 Å². The third kappa shape index (κ3) is 6.65. The zero-order chi connectivity index (χ0) is 44.0. The number of Topliss-reactive ketones (excluding diaryl/α,β-unsaturated/α-hetero) is 1. The number of aliphatic hydroxyl groups excluding tert-OH is 1. The molecule has 0 saturated heterocycles. The molecule has 2 aromatic rings. The summed E-state index contributed by atoms with van der Waals surface area (Å²) >= 11 is 0. The highest BCUT2D eigenvalue weighted by Crippen LogP contribution is 2.77. The van der Waals surface area contributed by atoms with Crippen LogP contribution in [-0.2, 0) is 25.7 Å². The molecule has 4 fully saturated rings. The molecule has 0 spiro atoms. The van der Waals surface area contributed by atoms with Gasteiger partial charge in [-0.3, -0.25) is 14.4 Å². The largest absolute Gasteiger partial charge is 0.481 e. The SMILES string of the molecule is CC(C)C1=C2[C@H]3CC[C@@H]4[C@@]5(C)CC[C@H](OC(=O)CC(C)(C)C(=O)O)C(C)(C)[C@@H]5CC[C@@]4(C)[C@]3(C)CC[C@@]2([C@@H](O)c2nnc(-c3ncc(C#N)cn3)n2CCN(C)C)CC1=O. The van der Waals surface area contributed by atoms with E-state index in [-0.39, 0.29) is 58.2 Å². The van der Waals surface area contributed by atoms with Gasteiger partial charge < -0.3 is 24.4 Å². The highest BCUT2D eigenvalue weighted by Gasteiger charge is 2.71. The minimum absolute atomic E-state index is 0.00297. The number of ether oxygens (including phenoxy) is 1. The van der Waals surface area contributed by atoms with Gasteiger partial charge >= 0.3 is 11.9 Å². The van der Waals surface area contributed by atoms with Gasteiger partial charge in [0, 0.05) is 42.7 Å². The summed E-state index contributed by atoms with van der Waals surface area (Å²) < 4.78 is 8.10. The molecule has 2 N–H and O–H groups in total. The average Bonchev–Trinajstić information content (AvgIpc) is 3.73. The molecule has 9 atom stereocenters. The molecule has 2 heterocycles. The van der Waals surface area contributed by atoms with E-state index < -0.39 is 28.9 Å². The Kier molecular flexibility index (Phi) is 11.1. The lowest BCUT2D eigenvalue weighted by Gasteiger charge is -2.72. The standard InChI is InChI=1S/C47H67N7O6/c1-27(2)35-30(55)22-47(37(57)39-51-52-40(54(39)21-20-53(10)11)38-49-25-28(24-48)26-50-38)19-18-45(8)29(36(35)47)12-13-32-44(7)16-15-33(60-34(56)23-42(3,4)41(58)59)43(5,6)31(44)14-17-46(32,45)9/h25-27,29,31-33,37,57H,12-23H2,1-11H3,(H,58,59)/t29-,31+,32-,33+,37+,44+,45-,46-,47-/m1/s1. The Hall–Kier alpha value is -4.02. The minimum Gasteiger partial charge on any atom is -0.481 e. The van der Waals surface area contributed by atoms with Crippen molar-refractivity contribution in [1.82, 2.24) is 29.6 Å². The van der Waals surface area contributed by atoms with Crippen molar-refractivity contribution in [1.29, 1.82) is 5.26 Å². The van der Waals surface area contributed by atoms with Crippen LogP contribution < -0.4 is 0 Å². The van der Waals surface area contributed by atoms with Crippen LogP contribution in [0.4, 0.5) is 0 Å². The second kappa shape index (κ2) is 15.1. The van der Waals surface area contributed by atoms with Gasteiger partial charge in [0.05, 0.1) is 17.4 Å². The van der Waals surface area contributed by atoms with Crippen LogP contribution in [-0.4, -0.2) is 84.3 Å². The first kappa shape index (κ1) is 44.0. The van der Waals surface area contributed by atoms with Crippen LogP contribution in [0, 0.1) is 67.5 Å². The topological polar surface area (TPSA) is 184 Å². The third-order valence-electron chi connectivity index (χ3n) is 17.2. The van der Waals surface area contributed by atoms with Crippen LogP contribution in [0.2, 0.25) is 0 Å². The fourth-order valence-electron chi connectivity index (χ4n) is 13.8. The maximum atomic E-state index is 14.4. The summed E-state index contributed by atoms with van der Waals surface area (Å²) in [4.78, 5) is 50.4. The van der Waals surface area contributed by atoms with Crippen LogP contribution >= 0.6 is 0 Å². The number of carbonyl (C=O) groups is 3. The number of nitrogens with zero attached hydrogens (tertiary/aromatic N) is 7. The molecule has 4 saturated carbocycles. The number of carboxylic acid groups (broad SMARTS) is 1. The zero-order valence-corrected chi connectivity index (χ0v) is 37.8. The molecule has 326 valence electrons. The predicted molar refractivity (Wildman–Crippen MR) is 225 cm³/mol. The monoisotopic (exact) mass is 826 g/mol. The van der Waals surface area contributed by atoms with Crippen molar-refractivity contribution in [3.8, 4) is 17.7 Å². The molecular formula is C47H67N7O6. The molecule has 2 aromatic heterocycles. The van der Waals surface area contributed by atoms with Gasteiger partial charge in [-0.25, -0.2) is 9.97 Å². The summed E-state index contributed by atoms with van der Waals surface area (Å²) in [6, 6.07) is 2.07. The van der Waals surface area contributed by atoms with E-state index in [0.29, 0.717) is 54.4 Å². The lowest BCUT2D eigenvalue weighted by atomic mass is 9.33. The van der Waals surface area contributed by atoms with E-state index in [0.717, 1.165) is 56.1 Å². The maximum absolute atomic E-state index is 14.4. The number of esters is 1. The number of likely N-dealkylation sites (N-methyl/N-ethyl adjacent to an activating group) is 1. The van der Waals surface area contributed by atoms with Crippen molar-refractivity contribution in [2.24, 2.45) is 56.2 Å². The highest BCUT2D eigenvalue weighted by atomic mass is 16.5. The summed E-state index contributed by atoms with van der Waals surface area (Å²) in [7, 11) is 3.98. The second-order valence-corrected chi connectivity index (χ2v) is 21.7. The molecule has 13 heteroatoms. The molecule has 0 amide bonds. The average molecular weight is 826 g/mol. The number of nitriles is 1. The van der Waals surface area contributed by atoms with Crippen LogP contribution in [0.5, 0.6) is 0 Å². The first-order valence-corrected chi connectivity index (χ1v) is 22.2. The van der Waals surface area contributed by atoms with Crippen LogP contribution in [0.3, 0.4) is 0 Å². The fraction of sp³-hybridized carbons (Fsp3) is 0.745. The van der Waals surface area contributed by atoms with Gasteiger partial charge in [-0.2, -0.15) is 5.26 Å². The first-order valence-electron chi connectivity index (χ1n) is 22.2. The molecule has 5 aliphatic carbocycles. The number of rotatable bonds is 11. The molecular weight excluding hydrogens is 759 g/mol. The van der Waals surface area contributed by atoms with Gasteiger partial charge in [0.1, 0.15) is 18.3 Å². The molecule has 0 bridgehead atoms. The summed E-state index contributed by atoms with van der Waals surface area (Å²) in [5.41, 5.74) is -0.127. The number of hydrogen-bond donors (Lipinski definition) is 2. The second-order valence-electron chi connectivity index (χ2n) is 21.7. The van der Waals surface area contributed by atoms with Crippen molar-refractivity contribution >= 4 is 17.7 Å². The number of carbonyl (C=O) groups excluding carboxylic acids is 2. The molecule has 0 aromatic carbocycles. The van der Waals surface area contributed by atoms with E-state index in [2.05, 4.69) is 79.6 Å². The number of aliphatic hydroxyl groups is 1. The lowest BCUT2D eigenvalue weighted by molar-refractivity contribution is -0.235. The fourth-order valence-corrected chi connectivity index (χ4v) is 13.8. The highest BCUT2D eigenvalue weighted by molar-refractivity contribution is 6.00. The Morgan fingerprint density at radius 2 is 1.67 bits per heavy atom. The number of hydrogen-bond acceptors (Lipinski definition) is 11. The molecule has 5 aliphatic rings. The number of carboxylic acids is 1. The lowest BCUT2D eigenvalue weighted by Crippen LogP contribution is -2.66. The summed E-state index contributed by atoms with van der Waals surface area (Å²) in [6.07, 6.45) is 8.76. The number of allylic oxidation sites excluding steroid dienone is 1. The van der Waals surface area contributed by atoms with Crippen molar-refractivity contribution in [3.63, 3.8) is 0 Å². The van der Waals surface area contributed by atoms with Gasteiger partial charge in [0.25, 0.3) is 0 Å². The van der Waals surface area contributed by atoms with E-state index in [1.54, 1.807) is 13.8 Å². The van der Waals surface area contributed by atoms with Gasteiger partial charge in [-0.1, -0.05) is 48.5 Å². The smallest absolute Gasteiger partial charge is 0.309 e. The van der Waals surface area contributed by atoms with Crippen molar-refractivity contribution in [2.75, 3.05) is 20.6 Å². The van der Waals surface area contributed by atoms with Gasteiger partial charge in [-0.15, -0.1) is 10.2 Å². The van der Waals surface area contributed by atoms with Gasteiger partial charge in [-0.05, 0) is 130 Å². The predicted octanol–water partition coefficient (Wildman–Crippen LogP) is 7.60. The molecule has 60 heavy (non-hydrogen) atoms. The Balaban J connectivity index is 1.23. The molecule has 0 aliphatic heterocycles. The van der Waals surface area contributed by atoms with Gasteiger partial charge in [0.15, 0.2) is 17.4 Å². The molecule has 13 nitrogen and oxygen atoms in total. The first-order chi connectivity index (χ1) is 28.0. The number of aliphatic carboxylic acids is 1. The number of aromatic nitrogens is 5. The van der Waals surface area contributed by atoms with E-state index >= 15 is 0 Å². The molecule has 0 radical (unpaired) electrons. The normalized spacial score (nSPS) is 34.0. The molecule has 7 rings (SSSR count). The third-order valence-corrected chi connectivity index (χ3v) is 17.2. The van der Waals surface area contributed by atoms with E-state index in [4.69, 9.17) is 4.74 Å². The molecule has 0 unspecified atom stereocenters. The zero-order valence-electron chi connectivity index (χ0n) is 37.8. The summed E-state index contributed by atoms with van der Waals surface area (Å²) in [6.45, 7) is 20.5. The summed E-state index contributed by atoms with van der Waals surface area (Å²) in [5.74, 6) is 0.654. The quantitative estimate of drug-likeness (QED) is 0.212. The van der Waals surface area contributed by atoms with E-state index in [1.165, 1.54) is 12.4 Å². The number of ketones is 1. The van der Waals surface area contributed by atoms with Crippen molar-refractivity contribution < 1.29 is 29.3 Å². The Morgan fingerprint density at radius 1 is 0.983 bits per heavy atom. The van der Waals surface area contributed by atoms with Crippen LogP contribution in [0.15, 0.2) is 23.5 Å². The van der Waals surface area contributed by atoms with Gasteiger partial charge in [0.2, 0.25) is 5.82 Å². The Morgan fingerprint density at radius 3 is 2.28 bits per heavy atom. The summed E-state index contributed by atoms with van der Waals surface area (Å²) in [5, 5.41) is 41.2. The van der Waals surface area contributed by atoms with Crippen LogP contribution in [0.1, 0.15) is 144 Å². The number of fused-ring (bicyclic) bond motifs is 7. The van der Waals surface area contributed by atoms with Crippen LogP contribution in [0.25, 0.3) is 11.6 Å². The Labute approximate surface area is 355 Å². The minimum atomic E-state index is -1.19. The maximum Gasteiger partial charge on any atom is 0.309 e.